The number of nitrogens with two attached hydrogens (primary N) is 1. The zero-order valence-corrected chi connectivity index (χ0v) is 10.8. The molecule has 1 heterocycles. The van der Waals surface area contributed by atoms with E-state index in [9.17, 15) is 4.39 Å². The predicted molar refractivity (Wildman–Crippen MR) is 69.5 cm³/mol. The van der Waals surface area contributed by atoms with Crippen LogP contribution in [0.3, 0.4) is 0 Å². The van der Waals surface area contributed by atoms with Crippen molar-refractivity contribution in [3.63, 3.8) is 0 Å². The minimum atomic E-state index is -0.369. The molecule has 4 heteroatoms. The molecule has 1 aromatic heterocycles. The third-order valence-corrected chi connectivity index (χ3v) is 3.57. The topological polar surface area (TPSA) is 26.0 Å². The minimum Gasteiger partial charge on any atom is -0.320 e. The summed E-state index contributed by atoms with van der Waals surface area (Å²) in [5, 5.41) is 3.89. The van der Waals surface area contributed by atoms with Crippen LogP contribution in [0.5, 0.6) is 0 Å². The molecule has 2 N–H and O–H groups in total. The highest BCUT2D eigenvalue weighted by Gasteiger charge is 2.13. The Morgan fingerprint density at radius 2 is 2.13 bits per heavy atom. The number of halogens is 2. The van der Waals surface area contributed by atoms with Gasteiger partial charge in [-0.25, -0.2) is 4.39 Å². The van der Waals surface area contributed by atoms with Crippen LogP contribution in [0.15, 0.2) is 35.0 Å². The largest absolute Gasteiger partial charge is 0.320 e. The lowest BCUT2D eigenvalue weighted by atomic mass is 10.0. The van der Waals surface area contributed by atoms with Gasteiger partial charge in [0.1, 0.15) is 5.82 Å². The summed E-state index contributed by atoms with van der Waals surface area (Å²) in [5.41, 5.74) is 7.51. The molecule has 0 amide bonds. The maximum atomic E-state index is 13.5. The maximum absolute atomic E-state index is 13.5. The van der Waals surface area contributed by atoms with E-state index in [1.807, 2.05) is 16.8 Å². The van der Waals surface area contributed by atoms with Gasteiger partial charge in [0, 0.05) is 9.13 Å². The van der Waals surface area contributed by atoms with E-state index in [0.29, 0.717) is 5.56 Å². The van der Waals surface area contributed by atoms with E-state index in [1.54, 1.807) is 23.5 Å². The highest BCUT2D eigenvalue weighted by atomic mass is 127. The van der Waals surface area contributed by atoms with Crippen LogP contribution < -0.4 is 5.73 Å². The van der Waals surface area contributed by atoms with E-state index in [4.69, 9.17) is 5.73 Å². The van der Waals surface area contributed by atoms with Gasteiger partial charge in [0.2, 0.25) is 0 Å². The molecule has 1 atom stereocenters. The second-order valence-electron chi connectivity index (χ2n) is 3.20. The summed E-state index contributed by atoms with van der Waals surface area (Å²) < 4.78 is 14.5. The Labute approximate surface area is 105 Å². The van der Waals surface area contributed by atoms with Gasteiger partial charge in [0.05, 0.1) is 6.04 Å². The van der Waals surface area contributed by atoms with Gasteiger partial charge in [-0.05, 0) is 63.2 Å². The number of rotatable bonds is 2. The first kappa shape index (κ1) is 11.0. The molecule has 0 saturated heterocycles. The Bertz CT molecular complexity index is 456. The fourth-order valence-corrected chi connectivity index (χ4v) is 2.60. The summed E-state index contributed by atoms with van der Waals surface area (Å²) in [6, 6.07) is 6.54. The van der Waals surface area contributed by atoms with Crippen molar-refractivity contribution in [2.45, 2.75) is 6.04 Å². The van der Waals surface area contributed by atoms with Crippen molar-refractivity contribution in [3.05, 3.63) is 55.5 Å². The molecule has 0 bridgehead atoms. The fourth-order valence-electron chi connectivity index (χ4n) is 1.38. The SMILES string of the molecule is N[C@@H](c1ccsc1)c1cc(I)ccc1F. The van der Waals surface area contributed by atoms with E-state index >= 15 is 0 Å². The summed E-state index contributed by atoms with van der Waals surface area (Å²) in [5.74, 6) is -0.242. The molecule has 0 spiro atoms. The van der Waals surface area contributed by atoms with Gasteiger partial charge < -0.3 is 5.73 Å². The summed E-state index contributed by atoms with van der Waals surface area (Å²) in [4.78, 5) is 0. The Morgan fingerprint density at radius 3 is 2.80 bits per heavy atom. The van der Waals surface area contributed by atoms with Crippen molar-refractivity contribution >= 4 is 33.9 Å². The van der Waals surface area contributed by atoms with Crippen LogP contribution >= 0.6 is 33.9 Å². The molecule has 78 valence electrons. The zero-order chi connectivity index (χ0) is 10.8. The molecule has 0 saturated carbocycles. The van der Waals surface area contributed by atoms with Crippen molar-refractivity contribution in [2.75, 3.05) is 0 Å². The van der Waals surface area contributed by atoms with Crippen LogP contribution in [-0.2, 0) is 0 Å². The van der Waals surface area contributed by atoms with E-state index in [-0.39, 0.29) is 11.9 Å². The van der Waals surface area contributed by atoms with Gasteiger partial charge in [-0.1, -0.05) is 0 Å². The predicted octanol–water partition coefficient (Wildman–Crippen LogP) is 3.54. The number of benzene rings is 1. The van der Waals surface area contributed by atoms with Gasteiger partial charge in [-0.3, -0.25) is 0 Å². The zero-order valence-electron chi connectivity index (χ0n) is 7.78. The lowest BCUT2D eigenvalue weighted by Crippen LogP contribution is -2.12. The van der Waals surface area contributed by atoms with Gasteiger partial charge in [-0.15, -0.1) is 0 Å². The van der Waals surface area contributed by atoms with E-state index in [0.717, 1.165) is 9.13 Å². The van der Waals surface area contributed by atoms with Gasteiger partial charge >= 0.3 is 0 Å². The molecule has 1 aromatic carbocycles. The maximum Gasteiger partial charge on any atom is 0.128 e. The average molecular weight is 333 g/mol. The van der Waals surface area contributed by atoms with E-state index in [1.165, 1.54) is 6.07 Å². The number of hydrogen-bond acceptors (Lipinski definition) is 2. The molecule has 0 aliphatic carbocycles. The number of hydrogen-bond donors (Lipinski definition) is 1. The van der Waals surface area contributed by atoms with Crippen molar-refractivity contribution in [1.82, 2.24) is 0 Å². The second kappa shape index (κ2) is 4.59. The molecule has 2 rings (SSSR count). The van der Waals surface area contributed by atoms with E-state index < -0.39 is 0 Å². The Balaban J connectivity index is 2.41. The van der Waals surface area contributed by atoms with Gasteiger partial charge in [-0.2, -0.15) is 11.3 Å². The first-order valence-electron chi connectivity index (χ1n) is 4.41. The Hall–Kier alpha value is -0.460. The Kier molecular flexibility index (Phi) is 3.38. The monoisotopic (exact) mass is 333 g/mol. The molecular formula is C11H9FINS. The van der Waals surface area contributed by atoms with Crippen LogP contribution in [0.4, 0.5) is 4.39 Å². The van der Waals surface area contributed by atoms with Crippen LogP contribution in [0.1, 0.15) is 17.2 Å². The van der Waals surface area contributed by atoms with Crippen molar-refractivity contribution in [3.8, 4) is 0 Å². The minimum absolute atomic E-state index is 0.242. The molecule has 2 aromatic rings. The molecule has 0 aliphatic heterocycles. The van der Waals surface area contributed by atoms with Gasteiger partial charge in [0.15, 0.2) is 0 Å². The van der Waals surface area contributed by atoms with Crippen molar-refractivity contribution in [2.24, 2.45) is 5.73 Å². The lowest BCUT2D eigenvalue weighted by molar-refractivity contribution is 0.599. The van der Waals surface area contributed by atoms with Gasteiger partial charge in [0.25, 0.3) is 0 Å². The quantitative estimate of drug-likeness (QED) is 0.836. The first-order valence-corrected chi connectivity index (χ1v) is 6.43. The number of thiophene rings is 1. The molecule has 0 radical (unpaired) electrons. The summed E-state index contributed by atoms with van der Waals surface area (Å²) in [7, 11) is 0. The van der Waals surface area contributed by atoms with E-state index in [2.05, 4.69) is 22.6 Å². The molecule has 15 heavy (non-hydrogen) atoms. The average Bonchev–Trinajstić information content (AvgIpc) is 2.74. The first-order chi connectivity index (χ1) is 7.18. The molecule has 0 aliphatic rings. The smallest absolute Gasteiger partial charge is 0.128 e. The molecular weight excluding hydrogens is 324 g/mol. The summed E-state index contributed by atoms with van der Waals surface area (Å²) in [6.07, 6.45) is 0. The highest BCUT2D eigenvalue weighted by molar-refractivity contribution is 14.1. The second-order valence-corrected chi connectivity index (χ2v) is 5.23. The van der Waals surface area contributed by atoms with Crippen LogP contribution in [0, 0.1) is 9.39 Å². The highest BCUT2D eigenvalue weighted by Crippen LogP contribution is 2.25. The van der Waals surface area contributed by atoms with Crippen molar-refractivity contribution < 1.29 is 4.39 Å². The molecule has 0 fully saturated rings. The Morgan fingerprint density at radius 1 is 1.33 bits per heavy atom. The van der Waals surface area contributed by atoms with Crippen LogP contribution in [0.2, 0.25) is 0 Å². The normalized spacial score (nSPS) is 12.7. The molecule has 0 unspecified atom stereocenters. The summed E-state index contributed by atoms with van der Waals surface area (Å²) >= 11 is 3.72. The summed E-state index contributed by atoms with van der Waals surface area (Å²) in [6.45, 7) is 0. The lowest BCUT2D eigenvalue weighted by Gasteiger charge is -2.11. The standard InChI is InChI=1S/C11H9FINS/c12-10-2-1-8(13)5-9(10)11(14)7-3-4-15-6-7/h1-6,11H,14H2/t11-/m0/s1. The third-order valence-electron chi connectivity index (χ3n) is 2.20. The molecule has 1 nitrogen and oxygen atoms in total. The fraction of sp³-hybridized carbons (Fsp3) is 0.0909. The van der Waals surface area contributed by atoms with Crippen LogP contribution in [0.25, 0.3) is 0 Å². The van der Waals surface area contributed by atoms with Crippen molar-refractivity contribution in [1.29, 1.82) is 0 Å². The van der Waals surface area contributed by atoms with Crippen LogP contribution in [-0.4, -0.2) is 0 Å². The third kappa shape index (κ3) is 2.38.